The zero-order chi connectivity index (χ0) is 29.3. The predicted molar refractivity (Wildman–Crippen MR) is 159 cm³/mol. The fraction of sp³-hybridized carbons (Fsp3) is 0.536. The first kappa shape index (κ1) is 34.7. The summed E-state index contributed by atoms with van der Waals surface area (Å²) in [7, 11) is 1.31. The van der Waals surface area contributed by atoms with Crippen molar-refractivity contribution in [2.45, 2.75) is 64.2 Å². The molecule has 0 radical (unpaired) electrons. The molecule has 0 aliphatic heterocycles. The molecule has 2 unspecified atom stereocenters. The summed E-state index contributed by atoms with van der Waals surface area (Å²) in [5.74, 6) is -1.07. The molecule has 0 N–H and O–H groups in total. The van der Waals surface area contributed by atoms with Crippen LogP contribution in [0, 0.1) is 5.92 Å². The molecular formula is C28H38O8S3. The summed E-state index contributed by atoms with van der Waals surface area (Å²) < 4.78 is 21.4. The van der Waals surface area contributed by atoms with Crippen LogP contribution in [-0.2, 0) is 38.1 Å². The van der Waals surface area contributed by atoms with Gasteiger partial charge < -0.3 is 18.9 Å². The van der Waals surface area contributed by atoms with E-state index in [1.54, 1.807) is 26.8 Å². The Kier molecular flexibility index (Phi) is 16.7. The summed E-state index contributed by atoms with van der Waals surface area (Å²) in [6, 6.07) is 9.32. The van der Waals surface area contributed by atoms with E-state index in [0.29, 0.717) is 28.4 Å². The Hall–Kier alpha value is -2.37. The van der Waals surface area contributed by atoms with Crippen LogP contribution in [0.3, 0.4) is 0 Å². The minimum atomic E-state index is -0.878. The Morgan fingerprint density at radius 3 is 2.28 bits per heavy atom. The molecule has 0 saturated heterocycles. The number of esters is 3. The largest absolute Gasteiger partial charge is 0.468 e. The van der Waals surface area contributed by atoms with Crippen molar-refractivity contribution in [2.75, 3.05) is 26.1 Å². The quantitative estimate of drug-likeness (QED) is 0.0557. The lowest BCUT2D eigenvalue weighted by Crippen LogP contribution is -2.27. The molecule has 2 atom stereocenters. The Morgan fingerprint density at radius 2 is 1.69 bits per heavy atom. The van der Waals surface area contributed by atoms with Crippen molar-refractivity contribution < 1.29 is 38.1 Å². The van der Waals surface area contributed by atoms with Crippen LogP contribution < -0.4 is 0 Å². The highest BCUT2D eigenvalue weighted by Gasteiger charge is 2.28. The standard InChI is InChI=1S/C28H38O8S3/c1-6-38-27(37)39-23(26(32)33-5)16-20(2)24(30)34-14-10-11-15-35-25(31)22(18-28(3,4)36-19-29)17-21-12-8-7-9-13-21/h7-9,12-13,17,19-20,23H,6,10-11,14-16,18H2,1-5H3/b22-17+. The van der Waals surface area contributed by atoms with Gasteiger partial charge in [0.05, 0.1) is 26.2 Å². The number of benzene rings is 1. The number of thiocarbonyl (C=S) groups is 1. The molecule has 0 fully saturated rings. The van der Waals surface area contributed by atoms with Crippen LogP contribution >= 0.6 is 35.7 Å². The number of carbonyl (C=O) groups is 4. The molecule has 1 rings (SSSR count). The van der Waals surface area contributed by atoms with Crippen LogP contribution in [0.1, 0.15) is 58.9 Å². The van der Waals surface area contributed by atoms with Crippen LogP contribution in [0.2, 0.25) is 0 Å². The number of carbonyl (C=O) groups excluding carboxylic acids is 4. The second kappa shape index (κ2) is 18.8. The number of ether oxygens (including phenoxy) is 4. The third-order valence-electron chi connectivity index (χ3n) is 5.34. The second-order valence-corrected chi connectivity index (χ2v) is 12.9. The van der Waals surface area contributed by atoms with Gasteiger partial charge in [-0.3, -0.25) is 14.4 Å². The van der Waals surface area contributed by atoms with Gasteiger partial charge in [0.1, 0.15) is 14.4 Å². The van der Waals surface area contributed by atoms with E-state index in [0.717, 1.165) is 11.3 Å². The van der Waals surface area contributed by atoms with E-state index in [-0.39, 0.29) is 26.1 Å². The molecule has 0 bridgehead atoms. The van der Waals surface area contributed by atoms with E-state index < -0.39 is 34.7 Å². The normalized spacial score (nSPS) is 13.1. The minimum absolute atomic E-state index is 0.140. The number of thioether (sulfide) groups is 2. The van der Waals surface area contributed by atoms with Crippen molar-refractivity contribution in [3.63, 3.8) is 0 Å². The number of methoxy groups -OCH3 is 1. The molecular weight excluding hydrogens is 561 g/mol. The lowest BCUT2D eigenvalue weighted by molar-refractivity contribution is -0.149. The van der Waals surface area contributed by atoms with Gasteiger partial charge in [-0.05, 0) is 50.5 Å². The molecule has 8 nitrogen and oxygen atoms in total. The highest BCUT2D eigenvalue weighted by molar-refractivity contribution is 8.47. The zero-order valence-electron chi connectivity index (χ0n) is 23.1. The first-order chi connectivity index (χ1) is 18.5. The summed E-state index contributed by atoms with van der Waals surface area (Å²) in [5, 5.41) is -0.580. The Labute approximate surface area is 244 Å². The molecule has 1 aromatic rings. The highest BCUT2D eigenvalue weighted by atomic mass is 32.2. The molecule has 216 valence electrons. The van der Waals surface area contributed by atoms with Gasteiger partial charge in [0.25, 0.3) is 6.47 Å². The second-order valence-electron chi connectivity index (χ2n) is 9.19. The predicted octanol–water partition coefficient (Wildman–Crippen LogP) is 5.62. The van der Waals surface area contributed by atoms with E-state index >= 15 is 0 Å². The zero-order valence-corrected chi connectivity index (χ0v) is 25.6. The maximum atomic E-state index is 12.8. The van der Waals surface area contributed by atoms with Gasteiger partial charge in [-0.25, -0.2) is 4.79 Å². The van der Waals surface area contributed by atoms with Crippen LogP contribution in [-0.4, -0.2) is 64.8 Å². The lowest BCUT2D eigenvalue weighted by Gasteiger charge is -2.23. The summed E-state index contributed by atoms with van der Waals surface area (Å²) in [6.45, 7) is 7.77. The van der Waals surface area contributed by atoms with E-state index in [4.69, 9.17) is 31.2 Å². The highest BCUT2D eigenvalue weighted by Crippen LogP contribution is 2.28. The molecule has 0 aliphatic rings. The third kappa shape index (κ3) is 14.5. The molecule has 11 heteroatoms. The minimum Gasteiger partial charge on any atom is -0.468 e. The van der Waals surface area contributed by atoms with Crippen molar-refractivity contribution in [3.8, 4) is 0 Å². The average Bonchev–Trinajstić information content (AvgIpc) is 2.89. The maximum absolute atomic E-state index is 12.8. The fourth-order valence-corrected chi connectivity index (χ4v) is 6.07. The summed E-state index contributed by atoms with van der Waals surface area (Å²) >= 11 is 7.96. The molecule has 0 aliphatic carbocycles. The number of hydrogen-bond donors (Lipinski definition) is 0. The SMILES string of the molecule is CCSC(=S)SC(CC(C)C(=O)OCCCCOC(=O)/C(=C/c1ccccc1)CC(C)(C)OC=O)C(=O)OC. The van der Waals surface area contributed by atoms with E-state index in [1.807, 2.05) is 37.3 Å². The molecule has 39 heavy (non-hydrogen) atoms. The Balaban J connectivity index is 2.54. The molecule has 1 aromatic carbocycles. The van der Waals surface area contributed by atoms with Crippen molar-refractivity contribution >= 4 is 69.7 Å². The van der Waals surface area contributed by atoms with Gasteiger partial charge in [0.2, 0.25) is 0 Å². The number of unbranched alkanes of at least 4 members (excludes halogenated alkanes) is 1. The fourth-order valence-electron chi connectivity index (χ4n) is 3.35. The summed E-state index contributed by atoms with van der Waals surface area (Å²) in [5.41, 5.74) is 0.326. The first-order valence-corrected chi connectivity index (χ1v) is 14.9. The monoisotopic (exact) mass is 598 g/mol. The average molecular weight is 599 g/mol. The maximum Gasteiger partial charge on any atom is 0.334 e. The van der Waals surface area contributed by atoms with Crippen LogP contribution in [0.25, 0.3) is 6.08 Å². The Morgan fingerprint density at radius 1 is 1.05 bits per heavy atom. The molecule has 0 amide bonds. The van der Waals surface area contributed by atoms with E-state index in [1.165, 1.54) is 30.6 Å². The van der Waals surface area contributed by atoms with E-state index in [2.05, 4.69) is 0 Å². The molecule has 0 heterocycles. The van der Waals surface area contributed by atoms with Crippen molar-refractivity contribution in [3.05, 3.63) is 41.5 Å². The Bertz CT molecular complexity index is 978. The van der Waals surface area contributed by atoms with Crippen LogP contribution in [0.4, 0.5) is 0 Å². The summed E-state index contributed by atoms with van der Waals surface area (Å²) in [4.78, 5) is 48.2. The molecule has 0 aromatic heterocycles. The van der Waals surface area contributed by atoms with Gasteiger partial charge in [0, 0.05) is 12.0 Å². The topological polar surface area (TPSA) is 105 Å². The van der Waals surface area contributed by atoms with Gasteiger partial charge in [-0.1, -0.05) is 68.2 Å². The van der Waals surface area contributed by atoms with E-state index in [9.17, 15) is 19.2 Å². The first-order valence-electron chi connectivity index (χ1n) is 12.6. The van der Waals surface area contributed by atoms with Gasteiger partial charge in [-0.2, -0.15) is 0 Å². The number of rotatable bonds is 17. The van der Waals surface area contributed by atoms with Gasteiger partial charge in [0.15, 0.2) is 0 Å². The van der Waals surface area contributed by atoms with Crippen LogP contribution in [0.5, 0.6) is 0 Å². The molecule has 0 saturated carbocycles. The van der Waals surface area contributed by atoms with Gasteiger partial charge in [-0.15, -0.1) is 11.8 Å². The summed E-state index contributed by atoms with van der Waals surface area (Å²) in [6.07, 6.45) is 3.13. The van der Waals surface area contributed by atoms with Gasteiger partial charge >= 0.3 is 17.9 Å². The van der Waals surface area contributed by atoms with Crippen molar-refractivity contribution in [1.29, 1.82) is 0 Å². The third-order valence-corrected chi connectivity index (χ3v) is 8.01. The smallest absolute Gasteiger partial charge is 0.334 e. The van der Waals surface area contributed by atoms with Crippen LogP contribution in [0.15, 0.2) is 35.9 Å². The lowest BCUT2D eigenvalue weighted by atomic mass is 9.96. The number of hydrogen-bond acceptors (Lipinski definition) is 11. The molecule has 0 spiro atoms. The van der Waals surface area contributed by atoms with Crippen molar-refractivity contribution in [2.24, 2.45) is 5.92 Å². The van der Waals surface area contributed by atoms with Crippen molar-refractivity contribution in [1.82, 2.24) is 0 Å².